The van der Waals surface area contributed by atoms with Crippen LogP contribution in [0, 0.1) is 23.3 Å². The molecule has 0 aromatic heterocycles. The van der Waals surface area contributed by atoms with E-state index in [0.29, 0.717) is 5.56 Å². The van der Waals surface area contributed by atoms with E-state index in [4.69, 9.17) is 0 Å². The van der Waals surface area contributed by atoms with E-state index >= 15 is 0 Å². The maximum absolute atomic E-state index is 14.8. The number of aliphatic imine (C=N–C) groups is 1. The van der Waals surface area contributed by atoms with E-state index in [9.17, 15) is 45.8 Å². The van der Waals surface area contributed by atoms with E-state index in [-0.39, 0.29) is 35.4 Å². The third-order valence-corrected chi connectivity index (χ3v) is 7.17. The van der Waals surface area contributed by atoms with Crippen LogP contribution in [0.5, 0.6) is 5.75 Å². The van der Waals surface area contributed by atoms with Gasteiger partial charge < -0.3 is 4.74 Å². The summed E-state index contributed by atoms with van der Waals surface area (Å²) in [5.74, 6) is -8.00. The molecule has 0 saturated carbocycles. The van der Waals surface area contributed by atoms with Gasteiger partial charge in [-0.15, -0.1) is 0 Å². The molecule has 0 atom stereocenters. The molecule has 4 aromatic rings. The summed E-state index contributed by atoms with van der Waals surface area (Å²) in [6.45, 7) is 3.24. The topological polar surface area (TPSA) is 21.6 Å². The fraction of sp³-hybridized carbons (Fsp3) is 0.0690. The van der Waals surface area contributed by atoms with Gasteiger partial charge in [0.2, 0.25) is 0 Å². The molecule has 0 fully saturated rings. The molecule has 0 aliphatic rings. The van der Waals surface area contributed by atoms with Crippen molar-refractivity contribution in [1.82, 2.24) is 0 Å². The molecule has 4 aromatic carbocycles. The highest BCUT2D eigenvalue weighted by Crippen LogP contribution is 3.02. The molecule has 0 aliphatic carbocycles. The zero-order valence-electron chi connectivity index (χ0n) is 21.4. The quantitative estimate of drug-likeness (QED) is 0.132. The molecule has 228 valence electrons. The van der Waals surface area contributed by atoms with E-state index < -0.39 is 61.2 Å². The molecule has 14 heteroatoms. The highest BCUT2D eigenvalue weighted by molar-refractivity contribution is 8.45. The molecular weight excluding hydrogens is 619 g/mol. The first-order valence-corrected chi connectivity index (χ1v) is 13.8. The monoisotopic (exact) mass is 637 g/mol. The predicted octanol–water partition coefficient (Wildman–Crippen LogP) is 11.1. The lowest BCUT2D eigenvalue weighted by atomic mass is 9.99. The Kier molecular flexibility index (Phi) is 7.67. The normalized spacial score (nSPS) is 13.9. The molecule has 0 heterocycles. The van der Waals surface area contributed by atoms with Crippen molar-refractivity contribution in [2.75, 3.05) is 0 Å². The van der Waals surface area contributed by atoms with Gasteiger partial charge in [0, 0.05) is 11.8 Å². The largest absolute Gasteiger partial charge is 0.429 e. The fourth-order valence-corrected chi connectivity index (χ4v) is 4.97. The molecule has 4 rings (SSSR count). The van der Waals surface area contributed by atoms with Crippen LogP contribution in [0.1, 0.15) is 11.1 Å². The molecule has 0 spiro atoms. The van der Waals surface area contributed by atoms with Crippen LogP contribution in [-0.2, 0) is 12.5 Å². The summed E-state index contributed by atoms with van der Waals surface area (Å²) in [6.07, 6.45) is -0.933. The summed E-state index contributed by atoms with van der Waals surface area (Å²) in [7, 11) is -10.7. The van der Waals surface area contributed by atoms with Gasteiger partial charge >= 0.3 is 16.3 Å². The van der Waals surface area contributed by atoms with Gasteiger partial charge in [-0.05, 0) is 77.9 Å². The molecule has 0 amide bonds. The van der Waals surface area contributed by atoms with Gasteiger partial charge in [0.05, 0.1) is 5.56 Å². The summed E-state index contributed by atoms with van der Waals surface area (Å²) in [6, 6.07) is 10.6. The Bertz CT molecular complexity index is 1710. The number of hydrogen-bond acceptors (Lipinski definition) is 2. The van der Waals surface area contributed by atoms with Crippen molar-refractivity contribution >= 4 is 16.9 Å². The lowest BCUT2D eigenvalue weighted by Crippen LogP contribution is -2.23. The van der Waals surface area contributed by atoms with Crippen molar-refractivity contribution in [3.8, 4) is 28.0 Å². The second-order valence-electron chi connectivity index (χ2n) is 9.16. The molecule has 2 nitrogen and oxygen atoms in total. The Morgan fingerprint density at radius 1 is 0.698 bits per heavy atom. The molecule has 0 unspecified atom stereocenters. The van der Waals surface area contributed by atoms with Crippen molar-refractivity contribution in [2.24, 2.45) is 4.99 Å². The Hall–Kier alpha value is -4.33. The van der Waals surface area contributed by atoms with E-state index in [1.54, 1.807) is 6.08 Å². The molecule has 0 bridgehead atoms. The zero-order chi connectivity index (χ0) is 31.9. The fourth-order valence-electron chi connectivity index (χ4n) is 4.12. The number of ether oxygens (including phenoxy) is 1. The van der Waals surface area contributed by atoms with Gasteiger partial charge in [-0.2, -0.15) is 8.78 Å². The van der Waals surface area contributed by atoms with Crippen LogP contribution in [0.3, 0.4) is 0 Å². The number of alkyl halides is 2. The second-order valence-corrected chi connectivity index (χ2v) is 11.5. The van der Waals surface area contributed by atoms with Gasteiger partial charge in [-0.1, -0.05) is 55.8 Å². The van der Waals surface area contributed by atoms with Crippen LogP contribution in [0.15, 0.2) is 95.0 Å². The van der Waals surface area contributed by atoms with Crippen molar-refractivity contribution < 1.29 is 50.5 Å². The Morgan fingerprint density at radius 3 is 1.81 bits per heavy atom. The lowest BCUT2D eigenvalue weighted by molar-refractivity contribution is -0.187. The van der Waals surface area contributed by atoms with Gasteiger partial charge in [0.15, 0.2) is 4.90 Å². The van der Waals surface area contributed by atoms with Gasteiger partial charge in [-0.25, -0.2) is 17.6 Å². The molecule has 0 N–H and O–H groups in total. The van der Waals surface area contributed by atoms with Crippen LogP contribution in [0.25, 0.3) is 22.3 Å². The molecule has 0 radical (unpaired) electrons. The first-order chi connectivity index (χ1) is 19.8. The maximum atomic E-state index is 14.8. The lowest BCUT2D eigenvalue weighted by Gasteiger charge is -2.40. The van der Waals surface area contributed by atoms with E-state index in [2.05, 4.69) is 16.4 Å². The van der Waals surface area contributed by atoms with Gasteiger partial charge in [-0.3, -0.25) is 4.99 Å². The minimum atomic E-state index is -10.7. The van der Waals surface area contributed by atoms with Crippen molar-refractivity contribution in [3.05, 3.63) is 119 Å². The van der Waals surface area contributed by atoms with Crippen LogP contribution in [-0.4, -0.2) is 6.72 Å². The predicted molar refractivity (Wildman–Crippen MR) is 142 cm³/mol. The smallest absolute Gasteiger partial charge is 0.429 e. The molecule has 43 heavy (non-hydrogen) atoms. The number of rotatable bonds is 9. The molecule has 0 aliphatic heterocycles. The average molecular weight is 638 g/mol. The Balaban J connectivity index is 1.55. The second kappa shape index (κ2) is 10.4. The van der Waals surface area contributed by atoms with Crippen LogP contribution < -0.4 is 4.74 Å². The van der Waals surface area contributed by atoms with E-state index in [1.165, 1.54) is 30.5 Å². The van der Waals surface area contributed by atoms with Gasteiger partial charge in [0.1, 0.15) is 29.0 Å². The highest BCUT2D eigenvalue weighted by atomic mass is 32.5. The third kappa shape index (κ3) is 7.19. The first kappa shape index (κ1) is 31.6. The average Bonchev–Trinajstić information content (AvgIpc) is 2.86. The summed E-state index contributed by atoms with van der Waals surface area (Å²) >= 11 is 0. The summed E-state index contributed by atoms with van der Waals surface area (Å²) in [4.78, 5) is 0.152. The number of allylic oxidation sites excluding steroid dienone is 1. The van der Waals surface area contributed by atoms with Gasteiger partial charge in [0.25, 0.3) is 0 Å². The summed E-state index contributed by atoms with van der Waals surface area (Å²) in [5.41, 5.74) is -1.67. The first-order valence-electron chi connectivity index (χ1n) is 11.9. The summed E-state index contributed by atoms with van der Waals surface area (Å²) < 4.78 is 156. The molecule has 0 saturated heterocycles. The van der Waals surface area contributed by atoms with Crippen molar-refractivity contribution in [1.29, 1.82) is 0 Å². The zero-order valence-corrected chi connectivity index (χ0v) is 22.2. The van der Waals surface area contributed by atoms with E-state index in [1.807, 2.05) is 0 Å². The molecular formula is C29H18F11NOS. The standard InChI is InChI=1S/C29H18F11NOS/c1-41-12-2-3-17-4-11-23(25(31)13-17)29(34,35)42-21-8-5-18(6-9-21)19-7-10-22(24(30)14-19)20-15-26(32)28(27(33)16-20)43(36,37,38,39)40/h2,4-16H,1,3H2/b12-2+. The highest BCUT2D eigenvalue weighted by Gasteiger charge is 2.68. The minimum Gasteiger partial charge on any atom is -0.429 e. The number of nitrogens with zero attached hydrogens (tertiary/aromatic N) is 1. The van der Waals surface area contributed by atoms with Crippen LogP contribution in [0.2, 0.25) is 0 Å². The third-order valence-electron chi connectivity index (χ3n) is 6.01. The summed E-state index contributed by atoms with van der Waals surface area (Å²) in [5, 5.41) is 0. The maximum Gasteiger partial charge on any atom is 0.429 e. The van der Waals surface area contributed by atoms with Crippen molar-refractivity contribution in [3.63, 3.8) is 0 Å². The Labute approximate surface area is 237 Å². The number of benzene rings is 4. The Morgan fingerprint density at radius 2 is 1.28 bits per heavy atom. The van der Waals surface area contributed by atoms with Crippen LogP contribution >= 0.6 is 10.2 Å². The number of hydrogen-bond donors (Lipinski definition) is 0. The van der Waals surface area contributed by atoms with Crippen LogP contribution in [0.4, 0.5) is 45.8 Å². The van der Waals surface area contributed by atoms with Crippen molar-refractivity contribution in [2.45, 2.75) is 17.4 Å². The number of halogens is 11. The van der Waals surface area contributed by atoms with E-state index in [0.717, 1.165) is 36.4 Å². The SMILES string of the molecule is C=N/C=C/Cc1ccc(C(F)(F)Oc2ccc(-c3ccc(-c4cc(F)c(S(F)(F)(F)(F)F)c(F)c4)c(F)c3)cc2)c(F)c1. The minimum absolute atomic E-state index is 0.0610.